The minimum atomic E-state index is -0.460. The van der Waals surface area contributed by atoms with Crippen molar-refractivity contribution < 1.29 is 9.13 Å². The Morgan fingerprint density at radius 3 is 2.76 bits per heavy atom. The number of hydrogen-bond acceptors (Lipinski definition) is 4. The second-order valence-corrected chi connectivity index (χ2v) is 4.96. The fourth-order valence-electron chi connectivity index (χ4n) is 1.83. The summed E-state index contributed by atoms with van der Waals surface area (Å²) in [6, 6.07) is 6.28. The third-order valence-corrected chi connectivity index (χ3v) is 3.09. The molecule has 0 aliphatic rings. The van der Waals surface area contributed by atoms with Crippen molar-refractivity contribution in [3.8, 4) is 11.4 Å². The van der Waals surface area contributed by atoms with Crippen LogP contribution in [0.15, 0.2) is 24.3 Å². The van der Waals surface area contributed by atoms with Crippen LogP contribution in [-0.4, -0.2) is 23.6 Å². The number of halogens is 2. The molecule has 0 saturated heterocycles. The van der Waals surface area contributed by atoms with Crippen molar-refractivity contribution in [3.05, 3.63) is 40.8 Å². The van der Waals surface area contributed by atoms with Gasteiger partial charge in [0.1, 0.15) is 11.6 Å². The molecule has 4 nitrogen and oxygen atoms in total. The first-order valence-corrected chi connectivity index (χ1v) is 7.08. The van der Waals surface area contributed by atoms with Gasteiger partial charge in [-0.05, 0) is 24.6 Å². The number of nitrogens with one attached hydrogen (secondary N) is 1. The molecule has 0 atom stereocenters. The van der Waals surface area contributed by atoms with Crippen LogP contribution in [0.3, 0.4) is 0 Å². The standard InChI is InChI=1S/C15H17ClFN3O/c1-3-6-18-14-8-11(9-21-2)19-15(20-14)10-4-5-13(17)12(16)7-10/h4-5,7-8H,3,6,9H2,1-2H3,(H,18,19,20). The lowest BCUT2D eigenvalue weighted by Gasteiger charge is -2.09. The average molecular weight is 310 g/mol. The topological polar surface area (TPSA) is 47.0 Å². The lowest BCUT2D eigenvalue weighted by molar-refractivity contribution is 0.181. The molecule has 21 heavy (non-hydrogen) atoms. The summed E-state index contributed by atoms with van der Waals surface area (Å²) in [4.78, 5) is 8.85. The van der Waals surface area contributed by atoms with Gasteiger partial charge in [0, 0.05) is 25.3 Å². The number of ether oxygens (including phenoxy) is 1. The number of methoxy groups -OCH3 is 1. The Morgan fingerprint density at radius 1 is 1.29 bits per heavy atom. The summed E-state index contributed by atoms with van der Waals surface area (Å²) >= 11 is 5.82. The van der Waals surface area contributed by atoms with Crippen molar-refractivity contribution >= 4 is 17.4 Å². The smallest absolute Gasteiger partial charge is 0.161 e. The monoisotopic (exact) mass is 309 g/mol. The van der Waals surface area contributed by atoms with E-state index in [1.54, 1.807) is 13.2 Å². The van der Waals surface area contributed by atoms with E-state index in [-0.39, 0.29) is 5.02 Å². The molecule has 0 unspecified atom stereocenters. The molecule has 1 N–H and O–H groups in total. The molecule has 0 amide bonds. The summed E-state index contributed by atoms with van der Waals surface area (Å²) in [5.74, 6) is 0.747. The minimum Gasteiger partial charge on any atom is -0.378 e. The molecule has 1 aromatic heterocycles. The van der Waals surface area contributed by atoms with Gasteiger partial charge in [-0.15, -0.1) is 0 Å². The van der Waals surface area contributed by atoms with E-state index < -0.39 is 5.82 Å². The van der Waals surface area contributed by atoms with Crippen molar-refractivity contribution in [2.24, 2.45) is 0 Å². The first kappa shape index (κ1) is 15.7. The van der Waals surface area contributed by atoms with Crippen LogP contribution in [0, 0.1) is 5.82 Å². The number of rotatable bonds is 6. The zero-order valence-electron chi connectivity index (χ0n) is 12.0. The maximum atomic E-state index is 13.3. The van der Waals surface area contributed by atoms with Gasteiger partial charge in [0.2, 0.25) is 0 Å². The number of nitrogens with zero attached hydrogens (tertiary/aromatic N) is 2. The van der Waals surface area contributed by atoms with E-state index in [1.165, 1.54) is 12.1 Å². The molecule has 2 aromatic rings. The molecule has 0 radical (unpaired) electrons. The Morgan fingerprint density at radius 2 is 2.10 bits per heavy atom. The lowest BCUT2D eigenvalue weighted by atomic mass is 10.2. The molecule has 0 bridgehead atoms. The SMILES string of the molecule is CCCNc1cc(COC)nc(-c2ccc(F)c(Cl)c2)n1. The highest BCUT2D eigenvalue weighted by Crippen LogP contribution is 2.24. The van der Waals surface area contributed by atoms with Crippen LogP contribution >= 0.6 is 11.6 Å². The maximum absolute atomic E-state index is 13.3. The van der Waals surface area contributed by atoms with Gasteiger partial charge in [-0.3, -0.25) is 0 Å². The zero-order chi connectivity index (χ0) is 15.2. The molecule has 0 spiro atoms. The Balaban J connectivity index is 2.40. The Labute approximate surface area is 128 Å². The highest BCUT2D eigenvalue weighted by Gasteiger charge is 2.09. The lowest BCUT2D eigenvalue weighted by Crippen LogP contribution is -2.06. The minimum absolute atomic E-state index is 0.0521. The summed E-state index contributed by atoms with van der Waals surface area (Å²) in [7, 11) is 1.61. The van der Waals surface area contributed by atoms with Gasteiger partial charge in [-0.2, -0.15) is 0 Å². The Bertz CT molecular complexity index is 622. The average Bonchev–Trinajstić information content (AvgIpc) is 2.48. The highest BCUT2D eigenvalue weighted by atomic mass is 35.5. The summed E-state index contributed by atoms with van der Waals surface area (Å²) < 4.78 is 18.4. The molecule has 0 saturated carbocycles. The maximum Gasteiger partial charge on any atom is 0.161 e. The first-order valence-electron chi connectivity index (χ1n) is 6.70. The Kier molecular flexibility index (Phi) is 5.47. The summed E-state index contributed by atoms with van der Waals surface area (Å²) in [5, 5.41) is 3.27. The number of hydrogen-bond donors (Lipinski definition) is 1. The van der Waals surface area contributed by atoms with Crippen molar-refractivity contribution in [1.29, 1.82) is 0 Å². The molecule has 1 heterocycles. The van der Waals surface area contributed by atoms with Gasteiger partial charge in [0.05, 0.1) is 17.3 Å². The van der Waals surface area contributed by atoms with Gasteiger partial charge < -0.3 is 10.1 Å². The van der Waals surface area contributed by atoms with Gasteiger partial charge in [0.15, 0.2) is 5.82 Å². The molecule has 1 aromatic carbocycles. The van der Waals surface area contributed by atoms with E-state index in [0.29, 0.717) is 23.8 Å². The van der Waals surface area contributed by atoms with E-state index in [9.17, 15) is 4.39 Å². The van der Waals surface area contributed by atoms with Crippen molar-refractivity contribution in [1.82, 2.24) is 9.97 Å². The van der Waals surface area contributed by atoms with E-state index in [2.05, 4.69) is 22.2 Å². The number of aromatic nitrogens is 2. The second-order valence-electron chi connectivity index (χ2n) is 4.56. The van der Waals surface area contributed by atoms with Crippen molar-refractivity contribution in [2.45, 2.75) is 20.0 Å². The fourth-order valence-corrected chi connectivity index (χ4v) is 2.01. The summed E-state index contributed by atoms with van der Waals surface area (Å²) in [5.41, 5.74) is 1.42. The predicted octanol–water partition coefficient (Wildman–Crippen LogP) is 3.90. The molecule has 112 valence electrons. The van der Waals surface area contributed by atoms with Crippen LogP contribution in [0.1, 0.15) is 19.0 Å². The molecule has 2 rings (SSSR count). The number of benzene rings is 1. The third-order valence-electron chi connectivity index (χ3n) is 2.81. The van der Waals surface area contributed by atoms with E-state index in [4.69, 9.17) is 16.3 Å². The van der Waals surface area contributed by atoms with E-state index >= 15 is 0 Å². The van der Waals surface area contributed by atoms with Crippen molar-refractivity contribution in [3.63, 3.8) is 0 Å². The van der Waals surface area contributed by atoms with Gasteiger partial charge >= 0.3 is 0 Å². The normalized spacial score (nSPS) is 10.7. The molecular weight excluding hydrogens is 293 g/mol. The van der Waals surface area contributed by atoms with E-state index in [0.717, 1.165) is 18.7 Å². The predicted molar refractivity (Wildman–Crippen MR) is 81.9 cm³/mol. The number of anilines is 1. The van der Waals surface area contributed by atoms with Crippen LogP contribution in [0.4, 0.5) is 10.2 Å². The molecule has 0 aliphatic carbocycles. The summed E-state index contributed by atoms with van der Waals surface area (Å²) in [6.07, 6.45) is 0.987. The molecule has 6 heteroatoms. The van der Waals surface area contributed by atoms with Crippen LogP contribution < -0.4 is 5.32 Å². The molecule has 0 fully saturated rings. The molecule has 0 aliphatic heterocycles. The largest absolute Gasteiger partial charge is 0.378 e. The van der Waals surface area contributed by atoms with Crippen LogP contribution in [-0.2, 0) is 11.3 Å². The van der Waals surface area contributed by atoms with Crippen LogP contribution in [0.2, 0.25) is 5.02 Å². The molecular formula is C15H17ClFN3O. The van der Waals surface area contributed by atoms with Crippen molar-refractivity contribution in [2.75, 3.05) is 19.0 Å². The van der Waals surface area contributed by atoms with E-state index in [1.807, 2.05) is 6.07 Å². The van der Waals surface area contributed by atoms with Gasteiger partial charge in [-0.1, -0.05) is 18.5 Å². The van der Waals surface area contributed by atoms with Gasteiger partial charge in [-0.25, -0.2) is 14.4 Å². The quantitative estimate of drug-likeness (QED) is 0.879. The Hall–Kier alpha value is -1.72. The van der Waals surface area contributed by atoms with Gasteiger partial charge in [0.25, 0.3) is 0 Å². The zero-order valence-corrected chi connectivity index (χ0v) is 12.7. The highest BCUT2D eigenvalue weighted by molar-refractivity contribution is 6.31. The van der Waals surface area contributed by atoms with Crippen LogP contribution in [0.25, 0.3) is 11.4 Å². The third kappa shape index (κ3) is 4.12. The second kappa shape index (κ2) is 7.33. The fraction of sp³-hybridized carbons (Fsp3) is 0.333. The summed E-state index contributed by atoms with van der Waals surface area (Å²) in [6.45, 7) is 3.27. The first-order chi connectivity index (χ1) is 10.1. The van der Waals surface area contributed by atoms with Crippen LogP contribution in [0.5, 0.6) is 0 Å².